The summed E-state index contributed by atoms with van der Waals surface area (Å²) in [6, 6.07) is 0. The Labute approximate surface area is 91.0 Å². The minimum Gasteiger partial charge on any atom is -0.464 e. The summed E-state index contributed by atoms with van der Waals surface area (Å²) in [6.07, 6.45) is 9.50. The number of carbonyl (C=O) groups excluding carboxylic acids is 1. The third-order valence-corrected chi connectivity index (χ3v) is 3.42. The molecule has 0 unspecified atom stereocenters. The minimum atomic E-state index is -0.0351. The van der Waals surface area contributed by atoms with Gasteiger partial charge in [0.25, 0.3) is 0 Å². The van der Waals surface area contributed by atoms with Crippen molar-refractivity contribution >= 4 is 5.97 Å². The summed E-state index contributed by atoms with van der Waals surface area (Å²) in [5, 5.41) is 0. The topological polar surface area (TPSA) is 26.3 Å². The summed E-state index contributed by atoms with van der Waals surface area (Å²) < 4.78 is 5.22. The smallest absolute Gasteiger partial charge is 0.310 e. The van der Waals surface area contributed by atoms with Crippen LogP contribution in [0, 0.1) is 11.3 Å². The predicted molar refractivity (Wildman–Crippen MR) is 59.3 cm³/mol. The number of hydrogen-bond donors (Lipinski definition) is 0. The van der Waals surface area contributed by atoms with E-state index in [1.165, 1.54) is 5.57 Å². The van der Waals surface area contributed by atoms with Crippen LogP contribution < -0.4 is 0 Å². The van der Waals surface area contributed by atoms with Crippen LogP contribution in [-0.4, -0.2) is 12.6 Å². The second kappa shape index (κ2) is 3.84. The molecule has 0 aromatic heterocycles. The van der Waals surface area contributed by atoms with Gasteiger partial charge in [-0.2, -0.15) is 0 Å². The Morgan fingerprint density at radius 2 is 2.47 bits per heavy atom. The average Bonchev–Trinajstić information content (AvgIpc) is 2.55. The second-order valence-corrected chi connectivity index (χ2v) is 4.86. The average molecular weight is 206 g/mol. The summed E-state index contributed by atoms with van der Waals surface area (Å²) in [5.41, 5.74) is 1.27. The molecule has 2 atom stereocenters. The molecule has 1 saturated heterocycles. The van der Waals surface area contributed by atoms with E-state index in [0.717, 1.165) is 19.3 Å². The van der Waals surface area contributed by atoms with Crippen LogP contribution in [0.4, 0.5) is 0 Å². The molecule has 0 N–H and O–H groups in total. The molecule has 0 saturated carbocycles. The van der Waals surface area contributed by atoms with Crippen LogP contribution in [0.5, 0.6) is 0 Å². The molecule has 2 aliphatic rings. The Bertz CT molecular complexity index is 323. The zero-order chi connectivity index (χ0) is 10.9. The normalized spacial score (nSPS) is 33.5. The fraction of sp³-hybridized carbons (Fsp3) is 0.615. The van der Waals surface area contributed by atoms with E-state index in [-0.39, 0.29) is 17.3 Å². The van der Waals surface area contributed by atoms with Gasteiger partial charge in [-0.25, -0.2) is 0 Å². The van der Waals surface area contributed by atoms with Crippen molar-refractivity contribution in [1.82, 2.24) is 0 Å². The van der Waals surface area contributed by atoms with Gasteiger partial charge in [-0.15, -0.1) is 0 Å². The lowest BCUT2D eigenvalue weighted by Crippen LogP contribution is -2.30. The highest BCUT2D eigenvalue weighted by Gasteiger charge is 2.48. The monoisotopic (exact) mass is 206 g/mol. The number of ether oxygens (including phenoxy) is 1. The highest BCUT2D eigenvalue weighted by atomic mass is 16.5. The maximum Gasteiger partial charge on any atom is 0.310 e. The van der Waals surface area contributed by atoms with Crippen molar-refractivity contribution in [2.45, 2.75) is 33.1 Å². The third kappa shape index (κ3) is 1.85. The number of carbonyl (C=O) groups is 1. The highest BCUT2D eigenvalue weighted by Crippen LogP contribution is 2.45. The molecule has 0 bridgehead atoms. The number of hydrogen-bond acceptors (Lipinski definition) is 2. The first kappa shape index (κ1) is 10.5. The Hall–Kier alpha value is -1.05. The number of fused-ring (bicyclic) bond motifs is 1. The van der Waals surface area contributed by atoms with Gasteiger partial charge in [0.05, 0.1) is 5.92 Å². The van der Waals surface area contributed by atoms with Gasteiger partial charge in [0, 0.05) is 5.41 Å². The quantitative estimate of drug-likeness (QED) is 0.513. The first-order valence-electron chi connectivity index (χ1n) is 5.62. The maximum absolute atomic E-state index is 11.6. The molecule has 2 rings (SSSR count). The predicted octanol–water partition coefficient (Wildman–Crippen LogP) is 2.85. The van der Waals surface area contributed by atoms with Gasteiger partial charge in [0.1, 0.15) is 6.61 Å². The van der Waals surface area contributed by atoms with Crippen molar-refractivity contribution in [3.63, 3.8) is 0 Å². The van der Waals surface area contributed by atoms with E-state index in [2.05, 4.69) is 32.1 Å². The maximum atomic E-state index is 11.6. The second-order valence-electron chi connectivity index (χ2n) is 4.86. The van der Waals surface area contributed by atoms with Gasteiger partial charge in [-0.3, -0.25) is 4.79 Å². The molecule has 0 spiro atoms. The van der Waals surface area contributed by atoms with Gasteiger partial charge in [-0.05, 0) is 33.1 Å². The number of esters is 1. The van der Waals surface area contributed by atoms with Crippen LogP contribution >= 0.6 is 0 Å². The molecule has 1 fully saturated rings. The third-order valence-electron chi connectivity index (χ3n) is 3.42. The fourth-order valence-corrected chi connectivity index (χ4v) is 2.46. The van der Waals surface area contributed by atoms with E-state index >= 15 is 0 Å². The summed E-state index contributed by atoms with van der Waals surface area (Å²) in [7, 11) is 0. The molecule has 82 valence electrons. The van der Waals surface area contributed by atoms with Gasteiger partial charge in [-0.1, -0.05) is 23.8 Å². The molecular weight excluding hydrogens is 188 g/mol. The first-order valence-corrected chi connectivity index (χ1v) is 5.62. The van der Waals surface area contributed by atoms with E-state index in [0.29, 0.717) is 6.61 Å². The summed E-state index contributed by atoms with van der Waals surface area (Å²) in [5.74, 6) is 0.0969. The lowest BCUT2D eigenvalue weighted by atomic mass is 9.70. The van der Waals surface area contributed by atoms with Gasteiger partial charge in [0.15, 0.2) is 0 Å². The molecule has 2 heteroatoms. The molecule has 1 aliphatic carbocycles. The molecule has 2 nitrogen and oxygen atoms in total. The first-order chi connectivity index (χ1) is 7.14. The molecule has 0 amide bonds. The van der Waals surface area contributed by atoms with Crippen molar-refractivity contribution in [3.05, 3.63) is 23.8 Å². The number of rotatable bonds is 2. The van der Waals surface area contributed by atoms with Crippen molar-refractivity contribution < 1.29 is 9.53 Å². The summed E-state index contributed by atoms with van der Waals surface area (Å²) >= 11 is 0. The van der Waals surface area contributed by atoms with Crippen molar-refractivity contribution in [2.24, 2.45) is 11.3 Å². The van der Waals surface area contributed by atoms with Gasteiger partial charge < -0.3 is 4.74 Å². The fourth-order valence-electron chi connectivity index (χ4n) is 2.46. The zero-order valence-electron chi connectivity index (χ0n) is 9.45. The van der Waals surface area contributed by atoms with E-state index < -0.39 is 0 Å². The van der Waals surface area contributed by atoms with Crippen LogP contribution in [0.15, 0.2) is 23.8 Å². The number of cyclic esters (lactones) is 1. The molecule has 1 heterocycles. The minimum absolute atomic E-state index is 0.00139. The molecule has 0 radical (unpaired) electrons. The molecule has 0 aromatic rings. The lowest BCUT2D eigenvalue weighted by Gasteiger charge is -2.30. The van der Waals surface area contributed by atoms with E-state index in [1.807, 2.05) is 0 Å². The van der Waals surface area contributed by atoms with Crippen LogP contribution in [0.25, 0.3) is 0 Å². The van der Waals surface area contributed by atoms with Gasteiger partial charge >= 0.3 is 5.97 Å². The Morgan fingerprint density at radius 1 is 1.67 bits per heavy atom. The van der Waals surface area contributed by atoms with Crippen LogP contribution in [0.1, 0.15) is 33.1 Å². The highest BCUT2D eigenvalue weighted by molar-refractivity contribution is 5.76. The van der Waals surface area contributed by atoms with E-state index in [4.69, 9.17) is 4.74 Å². The standard InChI is InChI=1S/C13H18O2/c1-10(2)6-8-13-7-4-3-5-11(13)12(14)15-9-13/h4,6-7,11H,3,5,8-9H2,1-2H3/t11-,13-/m0/s1. The zero-order valence-corrected chi connectivity index (χ0v) is 9.45. The SMILES string of the molecule is CC(C)=CC[C@]12C=CCC[C@H]1C(=O)OC2. The molecular formula is C13H18O2. The molecule has 0 aromatic carbocycles. The summed E-state index contributed by atoms with van der Waals surface area (Å²) in [4.78, 5) is 11.6. The molecule has 15 heavy (non-hydrogen) atoms. The van der Waals surface area contributed by atoms with Gasteiger partial charge in [0.2, 0.25) is 0 Å². The largest absolute Gasteiger partial charge is 0.464 e. The van der Waals surface area contributed by atoms with Crippen molar-refractivity contribution in [2.75, 3.05) is 6.61 Å². The molecule has 1 aliphatic heterocycles. The Balaban J connectivity index is 2.22. The van der Waals surface area contributed by atoms with E-state index in [1.54, 1.807) is 0 Å². The van der Waals surface area contributed by atoms with Crippen molar-refractivity contribution in [3.8, 4) is 0 Å². The van der Waals surface area contributed by atoms with Crippen LogP contribution in [-0.2, 0) is 9.53 Å². The Morgan fingerprint density at radius 3 is 3.20 bits per heavy atom. The van der Waals surface area contributed by atoms with Crippen LogP contribution in [0.2, 0.25) is 0 Å². The summed E-state index contributed by atoms with van der Waals surface area (Å²) in [6.45, 7) is 4.75. The van der Waals surface area contributed by atoms with Crippen LogP contribution in [0.3, 0.4) is 0 Å². The van der Waals surface area contributed by atoms with E-state index in [9.17, 15) is 4.79 Å². The number of allylic oxidation sites excluding steroid dienone is 3. The van der Waals surface area contributed by atoms with Crippen molar-refractivity contribution in [1.29, 1.82) is 0 Å². The Kier molecular flexibility index (Phi) is 2.68. The lowest BCUT2D eigenvalue weighted by molar-refractivity contribution is -0.141.